The number of rotatable bonds is 5. The van der Waals surface area contributed by atoms with Gasteiger partial charge in [0.1, 0.15) is 5.75 Å². The number of benzene rings is 1. The van der Waals surface area contributed by atoms with Crippen molar-refractivity contribution in [2.75, 3.05) is 18.7 Å². The van der Waals surface area contributed by atoms with Crippen LogP contribution in [0.15, 0.2) is 59.9 Å². The van der Waals surface area contributed by atoms with Gasteiger partial charge in [-0.2, -0.15) is 0 Å². The number of hydrogen-bond donors (Lipinski definition) is 1. The van der Waals surface area contributed by atoms with Crippen LogP contribution in [-0.2, 0) is 9.84 Å². The Labute approximate surface area is 145 Å². The molecule has 8 heteroatoms. The van der Waals surface area contributed by atoms with E-state index in [0.29, 0.717) is 23.1 Å². The van der Waals surface area contributed by atoms with E-state index in [4.69, 9.17) is 4.74 Å². The molecule has 0 amide bonds. The van der Waals surface area contributed by atoms with Crippen molar-refractivity contribution in [3.05, 3.63) is 55.0 Å². The van der Waals surface area contributed by atoms with Crippen LogP contribution in [0.3, 0.4) is 0 Å². The largest absolute Gasteiger partial charge is 0.494 e. The minimum absolute atomic E-state index is 0.226. The smallest absolute Gasteiger partial charge is 0.227 e. The number of nitrogens with one attached hydrogen (secondary N) is 1. The maximum absolute atomic E-state index is 11.7. The third-order valence-corrected chi connectivity index (χ3v) is 4.56. The lowest BCUT2D eigenvalue weighted by molar-refractivity contribution is 0.414. The fraction of sp³-hybridized carbons (Fsp3) is 0.118. The lowest BCUT2D eigenvalue weighted by atomic mass is 10.2. The van der Waals surface area contributed by atoms with E-state index in [-0.39, 0.29) is 4.90 Å². The zero-order chi connectivity index (χ0) is 17.9. The van der Waals surface area contributed by atoms with Gasteiger partial charge in [0.15, 0.2) is 9.84 Å². The Balaban J connectivity index is 1.93. The van der Waals surface area contributed by atoms with E-state index in [2.05, 4.69) is 20.3 Å². The summed E-state index contributed by atoms with van der Waals surface area (Å²) in [6.07, 6.45) is 6.05. The highest BCUT2D eigenvalue weighted by molar-refractivity contribution is 7.90. The summed E-state index contributed by atoms with van der Waals surface area (Å²) in [6, 6.07) is 10.1. The molecular formula is C17H16N4O3S. The van der Waals surface area contributed by atoms with E-state index < -0.39 is 9.84 Å². The van der Waals surface area contributed by atoms with Gasteiger partial charge in [0.2, 0.25) is 5.95 Å². The zero-order valence-electron chi connectivity index (χ0n) is 13.7. The predicted molar refractivity (Wildman–Crippen MR) is 94.6 cm³/mol. The number of nitrogens with zero attached hydrogens (tertiary/aromatic N) is 3. The number of hydrogen-bond acceptors (Lipinski definition) is 7. The van der Waals surface area contributed by atoms with Crippen LogP contribution in [0, 0.1) is 0 Å². The molecule has 128 valence electrons. The predicted octanol–water partition coefficient (Wildman–Crippen LogP) is 2.69. The van der Waals surface area contributed by atoms with Crippen LogP contribution in [0.4, 0.5) is 11.6 Å². The highest BCUT2D eigenvalue weighted by Crippen LogP contribution is 2.28. The Morgan fingerprint density at radius 3 is 2.72 bits per heavy atom. The Kier molecular flexibility index (Phi) is 4.62. The summed E-state index contributed by atoms with van der Waals surface area (Å²) in [5, 5.41) is 3.02. The molecule has 2 aromatic heterocycles. The average Bonchev–Trinajstić information content (AvgIpc) is 2.61. The highest BCUT2D eigenvalue weighted by atomic mass is 32.2. The molecule has 0 bridgehead atoms. The first-order valence-electron chi connectivity index (χ1n) is 7.36. The summed E-state index contributed by atoms with van der Waals surface area (Å²) in [7, 11) is -1.72. The Hall–Kier alpha value is -3.00. The molecule has 0 fully saturated rings. The van der Waals surface area contributed by atoms with Gasteiger partial charge in [0, 0.05) is 29.9 Å². The minimum atomic E-state index is -3.28. The first-order valence-corrected chi connectivity index (χ1v) is 9.25. The number of anilines is 2. The molecule has 2 heterocycles. The van der Waals surface area contributed by atoms with Gasteiger partial charge >= 0.3 is 0 Å². The molecule has 0 unspecified atom stereocenters. The zero-order valence-corrected chi connectivity index (χ0v) is 14.5. The number of aromatic nitrogens is 3. The maximum atomic E-state index is 11.7. The van der Waals surface area contributed by atoms with Crippen LogP contribution in [-0.4, -0.2) is 36.7 Å². The molecule has 1 aromatic carbocycles. The highest BCUT2D eigenvalue weighted by Gasteiger charge is 2.10. The van der Waals surface area contributed by atoms with E-state index in [9.17, 15) is 8.42 Å². The van der Waals surface area contributed by atoms with Crippen molar-refractivity contribution in [2.24, 2.45) is 0 Å². The summed E-state index contributed by atoms with van der Waals surface area (Å²) in [5.74, 6) is 0.952. The quantitative estimate of drug-likeness (QED) is 0.751. The van der Waals surface area contributed by atoms with E-state index in [1.54, 1.807) is 62.1 Å². The van der Waals surface area contributed by atoms with Crippen molar-refractivity contribution in [2.45, 2.75) is 4.90 Å². The van der Waals surface area contributed by atoms with Gasteiger partial charge in [-0.05, 0) is 30.3 Å². The van der Waals surface area contributed by atoms with Gasteiger partial charge < -0.3 is 10.1 Å². The average molecular weight is 356 g/mol. The van der Waals surface area contributed by atoms with Crippen LogP contribution in [0.2, 0.25) is 0 Å². The second-order valence-electron chi connectivity index (χ2n) is 5.27. The van der Waals surface area contributed by atoms with Gasteiger partial charge in [0.05, 0.1) is 23.9 Å². The van der Waals surface area contributed by atoms with Crippen LogP contribution < -0.4 is 10.1 Å². The molecule has 7 nitrogen and oxygen atoms in total. The monoisotopic (exact) mass is 356 g/mol. The third kappa shape index (κ3) is 3.92. The Morgan fingerprint density at radius 1 is 1.12 bits per heavy atom. The van der Waals surface area contributed by atoms with Crippen LogP contribution in [0.1, 0.15) is 0 Å². The lowest BCUT2D eigenvalue weighted by Gasteiger charge is -2.09. The Morgan fingerprint density at radius 2 is 1.96 bits per heavy atom. The Bertz CT molecular complexity index is 1010. The molecule has 0 aliphatic rings. The number of pyridine rings is 1. The summed E-state index contributed by atoms with van der Waals surface area (Å²) >= 11 is 0. The molecule has 0 aliphatic carbocycles. The van der Waals surface area contributed by atoms with Crippen molar-refractivity contribution >= 4 is 21.5 Å². The minimum Gasteiger partial charge on any atom is -0.494 e. The molecule has 0 spiro atoms. The molecular weight excluding hydrogens is 340 g/mol. The molecule has 0 radical (unpaired) electrons. The summed E-state index contributed by atoms with van der Waals surface area (Å²) in [6.45, 7) is 0. The topological polar surface area (TPSA) is 94.1 Å². The fourth-order valence-corrected chi connectivity index (χ4v) is 2.92. The van der Waals surface area contributed by atoms with E-state index >= 15 is 0 Å². The molecule has 0 saturated heterocycles. The van der Waals surface area contributed by atoms with E-state index in [0.717, 1.165) is 5.56 Å². The molecule has 0 atom stereocenters. The lowest BCUT2D eigenvalue weighted by Crippen LogP contribution is -2.01. The van der Waals surface area contributed by atoms with Crippen LogP contribution in [0.25, 0.3) is 11.3 Å². The fourth-order valence-electron chi connectivity index (χ4n) is 2.26. The molecule has 0 saturated carbocycles. The normalized spacial score (nSPS) is 11.1. The van der Waals surface area contributed by atoms with E-state index in [1.165, 1.54) is 6.26 Å². The molecule has 1 N–H and O–H groups in total. The van der Waals surface area contributed by atoms with Gasteiger partial charge in [0.25, 0.3) is 0 Å². The second kappa shape index (κ2) is 6.86. The number of ether oxygens (including phenoxy) is 1. The van der Waals surface area contributed by atoms with Crippen LogP contribution >= 0.6 is 0 Å². The number of sulfone groups is 1. The van der Waals surface area contributed by atoms with Gasteiger partial charge in [-0.15, -0.1) is 0 Å². The van der Waals surface area contributed by atoms with Crippen molar-refractivity contribution in [3.63, 3.8) is 0 Å². The van der Waals surface area contributed by atoms with Crippen LogP contribution in [0.5, 0.6) is 5.75 Å². The molecule has 25 heavy (non-hydrogen) atoms. The standard InChI is InChI=1S/C17H16N4O3S/c1-24-16-11-18-8-6-14(16)15-7-9-19-17(21-15)20-12-4-3-5-13(10-12)25(2,22)23/h3-11H,1-2H3,(H,19,20,21). The SMILES string of the molecule is COc1cnccc1-c1ccnc(Nc2cccc(S(C)(=O)=O)c2)n1. The van der Waals surface area contributed by atoms with Crippen molar-refractivity contribution < 1.29 is 13.2 Å². The third-order valence-electron chi connectivity index (χ3n) is 3.45. The number of methoxy groups -OCH3 is 1. The molecule has 3 aromatic rings. The summed E-state index contributed by atoms with van der Waals surface area (Å²) in [5.41, 5.74) is 2.03. The second-order valence-corrected chi connectivity index (χ2v) is 7.28. The van der Waals surface area contributed by atoms with Gasteiger partial charge in [-0.3, -0.25) is 4.98 Å². The molecule has 0 aliphatic heterocycles. The first-order chi connectivity index (χ1) is 12.0. The van der Waals surface area contributed by atoms with E-state index in [1.807, 2.05) is 0 Å². The van der Waals surface area contributed by atoms with Gasteiger partial charge in [-0.1, -0.05) is 6.07 Å². The summed E-state index contributed by atoms with van der Waals surface area (Å²) in [4.78, 5) is 12.9. The van der Waals surface area contributed by atoms with Gasteiger partial charge in [-0.25, -0.2) is 18.4 Å². The summed E-state index contributed by atoms with van der Waals surface area (Å²) < 4.78 is 28.6. The van der Waals surface area contributed by atoms with Crippen molar-refractivity contribution in [1.29, 1.82) is 0 Å². The van der Waals surface area contributed by atoms with Crippen molar-refractivity contribution in [1.82, 2.24) is 15.0 Å². The molecule has 3 rings (SSSR count). The van der Waals surface area contributed by atoms with Crippen molar-refractivity contribution in [3.8, 4) is 17.0 Å². The first kappa shape index (κ1) is 16.8. The maximum Gasteiger partial charge on any atom is 0.227 e.